The van der Waals surface area contributed by atoms with Crippen molar-refractivity contribution >= 4 is 12.2 Å². The zero-order valence-electron chi connectivity index (χ0n) is 18.8. The van der Waals surface area contributed by atoms with Gasteiger partial charge in [-0.25, -0.2) is 0 Å². The van der Waals surface area contributed by atoms with E-state index in [2.05, 4.69) is 36.4 Å². The molecule has 2 aromatic rings. The van der Waals surface area contributed by atoms with E-state index in [1.54, 1.807) is 0 Å². The summed E-state index contributed by atoms with van der Waals surface area (Å²) < 4.78 is 22.0. The van der Waals surface area contributed by atoms with E-state index >= 15 is 0 Å². The molecule has 5 heteroatoms. The van der Waals surface area contributed by atoms with E-state index in [0.717, 1.165) is 43.2 Å². The van der Waals surface area contributed by atoms with Crippen LogP contribution in [0.25, 0.3) is 12.2 Å². The first-order valence-electron chi connectivity index (χ1n) is 11.2. The van der Waals surface area contributed by atoms with Gasteiger partial charge in [0.1, 0.15) is 11.5 Å². The first kappa shape index (κ1) is 24.9. The Morgan fingerprint density at radius 1 is 0.742 bits per heavy atom. The van der Waals surface area contributed by atoms with E-state index in [1.807, 2.05) is 32.0 Å². The molecule has 31 heavy (non-hydrogen) atoms. The third-order valence-corrected chi connectivity index (χ3v) is 4.72. The molecule has 0 spiro atoms. The Labute approximate surface area is 186 Å². The standard InChI is InChI=1S/C26H36O5/c1-3-28-20-30-25-17-24(18-26(19-25)31-21-29-4-2)14-13-23-12-9-11-22(16-23)10-7-5-6-8-15-27/h9,11-14,16-19,27H,3-8,10,15,20-21H2,1-2H3. The molecule has 0 aliphatic carbocycles. The molecule has 5 nitrogen and oxygen atoms in total. The van der Waals surface area contributed by atoms with Gasteiger partial charge in [0.05, 0.1) is 0 Å². The van der Waals surface area contributed by atoms with Crippen LogP contribution in [-0.2, 0) is 15.9 Å². The van der Waals surface area contributed by atoms with Gasteiger partial charge in [0.25, 0.3) is 0 Å². The van der Waals surface area contributed by atoms with Crippen LogP contribution in [-0.4, -0.2) is 38.5 Å². The van der Waals surface area contributed by atoms with Crippen molar-refractivity contribution in [2.75, 3.05) is 33.4 Å². The number of hydrogen-bond donors (Lipinski definition) is 1. The van der Waals surface area contributed by atoms with Gasteiger partial charge in [0, 0.05) is 25.9 Å². The van der Waals surface area contributed by atoms with Crippen molar-refractivity contribution in [2.24, 2.45) is 0 Å². The highest BCUT2D eigenvalue weighted by atomic mass is 16.7. The summed E-state index contributed by atoms with van der Waals surface area (Å²) in [6.07, 6.45) is 9.50. The highest BCUT2D eigenvalue weighted by molar-refractivity contribution is 5.71. The molecule has 1 N–H and O–H groups in total. The Morgan fingerprint density at radius 3 is 2.03 bits per heavy atom. The largest absolute Gasteiger partial charge is 0.467 e. The summed E-state index contributed by atoms with van der Waals surface area (Å²) in [5.74, 6) is 1.39. The molecule has 0 aromatic heterocycles. The van der Waals surface area contributed by atoms with Crippen molar-refractivity contribution in [2.45, 2.75) is 46.0 Å². The lowest BCUT2D eigenvalue weighted by Gasteiger charge is -2.11. The number of aryl methyl sites for hydroxylation is 1. The summed E-state index contributed by atoms with van der Waals surface area (Å²) >= 11 is 0. The van der Waals surface area contributed by atoms with Gasteiger partial charge in [0.2, 0.25) is 0 Å². The number of hydrogen-bond acceptors (Lipinski definition) is 5. The van der Waals surface area contributed by atoms with Crippen LogP contribution in [0, 0.1) is 0 Å². The average molecular weight is 429 g/mol. The monoisotopic (exact) mass is 428 g/mol. The molecule has 0 aliphatic rings. The smallest absolute Gasteiger partial charge is 0.189 e. The minimum absolute atomic E-state index is 0.203. The number of rotatable bonds is 16. The van der Waals surface area contributed by atoms with Crippen LogP contribution in [0.1, 0.15) is 56.2 Å². The van der Waals surface area contributed by atoms with Gasteiger partial charge in [-0.1, -0.05) is 49.3 Å². The molecule has 0 heterocycles. The van der Waals surface area contributed by atoms with Crippen molar-refractivity contribution in [3.05, 3.63) is 59.2 Å². The molecule has 0 saturated heterocycles. The van der Waals surface area contributed by atoms with Crippen LogP contribution in [0.3, 0.4) is 0 Å². The van der Waals surface area contributed by atoms with Gasteiger partial charge in [-0.2, -0.15) is 0 Å². The minimum atomic E-state index is 0.203. The number of aliphatic hydroxyl groups is 1. The molecule has 0 radical (unpaired) electrons. The van der Waals surface area contributed by atoms with Gasteiger partial charge in [0.15, 0.2) is 13.6 Å². The van der Waals surface area contributed by atoms with Crippen LogP contribution >= 0.6 is 0 Å². The van der Waals surface area contributed by atoms with E-state index in [-0.39, 0.29) is 20.2 Å². The lowest BCUT2D eigenvalue weighted by Crippen LogP contribution is -2.04. The Bertz CT molecular complexity index is 744. The third-order valence-electron chi connectivity index (χ3n) is 4.72. The Balaban J connectivity index is 2.04. The fourth-order valence-corrected chi connectivity index (χ4v) is 3.08. The first-order chi connectivity index (χ1) is 15.2. The highest BCUT2D eigenvalue weighted by Gasteiger charge is 2.03. The van der Waals surface area contributed by atoms with Crippen LogP contribution in [0.5, 0.6) is 11.5 Å². The van der Waals surface area contributed by atoms with E-state index in [9.17, 15) is 0 Å². The third kappa shape index (κ3) is 10.5. The maximum absolute atomic E-state index is 8.88. The maximum atomic E-state index is 8.88. The van der Waals surface area contributed by atoms with Gasteiger partial charge >= 0.3 is 0 Å². The summed E-state index contributed by atoms with van der Waals surface area (Å²) in [5, 5.41) is 8.88. The molecule has 2 aromatic carbocycles. The summed E-state index contributed by atoms with van der Waals surface area (Å²) in [4.78, 5) is 0. The molecule has 2 rings (SSSR count). The summed E-state index contributed by atoms with van der Waals surface area (Å²) in [6.45, 7) is 5.77. The van der Waals surface area contributed by atoms with Crippen molar-refractivity contribution in [3.8, 4) is 11.5 Å². The van der Waals surface area contributed by atoms with Crippen LogP contribution in [0.2, 0.25) is 0 Å². The minimum Gasteiger partial charge on any atom is -0.467 e. The highest BCUT2D eigenvalue weighted by Crippen LogP contribution is 2.25. The molecule has 0 fully saturated rings. The second kappa shape index (κ2) is 15.5. The van der Waals surface area contributed by atoms with Crippen molar-refractivity contribution in [1.29, 1.82) is 0 Å². The lowest BCUT2D eigenvalue weighted by atomic mass is 10.0. The van der Waals surface area contributed by atoms with Crippen LogP contribution < -0.4 is 9.47 Å². The summed E-state index contributed by atoms with van der Waals surface area (Å²) in [7, 11) is 0. The maximum Gasteiger partial charge on any atom is 0.189 e. The summed E-state index contributed by atoms with van der Waals surface area (Å²) in [6, 6.07) is 14.4. The molecule has 170 valence electrons. The Kier molecular flexibility index (Phi) is 12.4. The quantitative estimate of drug-likeness (QED) is 0.211. The molecule has 0 aliphatic heterocycles. The molecular formula is C26H36O5. The van der Waals surface area contributed by atoms with Gasteiger partial charge < -0.3 is 24.1 Å². The topological polar surface area (TPSA) is 57.2 Å². The number of aliphatic hydroxyl groups excluding tert-OH is 1. The molecular weight excluding hydrogens is 392 g/mol. The van der Waals surface area contributed by atoms with E-state index in [4.69, 9.17) is 24.1 Å². The predicted molar refractivity (Wildman–Crippen MR) is 125 cm³/mol. The molecule has 0 amide bonds. The number of benzene rings is 2. The number of unbranched alkanes of at least 4 members (excludes halogenated alkanes) is 3. The molecule has 0 bridgehead atoms. The SMILES string of the molecule is CCOCOc1cc(C=Cc2cccc(CCCCCCO)c2)cc(OCOCC)c1. The zero-order valence-corrected chi connectivity index (χ0v) is 18.8. The molecule has 0 saturated carbocycles. The van der Waals surface area contributed by atoms with Crippen LogP contribution in [0.15, 0.2) is 42.5 Å². The molecule has 0 unspecified atom stereocenters. The van der Waals surface area contributed by atoms with Gasteiger partial charge in [-0.15, -0.1) is 0 Å². The van der Waals surface area contributed by atoms with E-state index in [1.165, 1.54) is 5.56 Å². The Hall–Kier alpha value is -2.34. The second-order valence-corrected chi connectivity index (χ2v) is 7.21. The lowest BCUT2D eigenvalue weighted by molar-refractivity contribution is 0.0182. The van der Waals surface area contributed by atoms with Crippen molar-refractivity contribution < 1.29 is 24.1 Å². The fraction of sp³-hybridized carbons (Fsp3) is 0.462. The van der Waals surface area contributed by atoms with E-state index in [0.29, 0.717) is 24.7 Å². The average Bonchev–Trinajstić information content (AvgIpc) is 2.78. The van der Waals surface area contributed by atoms with Gasteiger partial charge in [-0.05, 0) is 61.9 Å². The second-order valence-electron chi connectivity index (χ2n) is 7.21. The van der Waals surface area contributed by atoms with Crippen molar-refractivity contribution in [1.82, 2.24) is 0 Å². The van der Waals surface area contributed by atoms with Gasteiger partial charge in [-0.3, -0.25) is 0 Å². The summed E-state index contributed by atoms with van der Waals surface area (Å²) in [5.41, 5.74) is 3.47. The normalized spacial score (nSPS) is 11.2. The number of ether oxygens (including phenoxy) is 4. The predicted octanol–water partition coefficient (Wildman–Crippen LogP) is 5.70. The Morgan fingerprint density at radius 2 is 1.39 bits per heavy atom. The van der Waals surface area contributed by atoms with Crippen molar-refractivity contribution in [3.63, 3.8) is 0 Å². The van der Waals surface area contributed by atoms with E-state index < -0.39 is 0 Å². The molecule has 0 atom stereocenters. The zero-order chi connectivity index (χ0) is 22.2. The van der Waals surface area contributed by atoms with Crippen LogP contribution in [0.4, 0.5) is 0 Å². The first-order valence-corrected chi connectivity index (χ1v) is 11.2. The fourth-order valence-electron chi connectivity index (χ4n) is 3.08.